The molecule has 0 saturated carbocycles. The molecule has 0 unspecified atom stereocenters. The molecular formula is C43H59N7O7S. The molecule has 14 nitrogen and oxygen atoms in total. The third kappa shape index (κ3) is 11.6. The summed E-state index contributed by atoms with van der Waals surface area (Å²) in [5.74, 6) is -1.15. The Hall–Kier alpha value is -5.02. The lowest BCUT2D eigenvalue weighted by Gasteiger charge is -2.36. The number of aliphatic hydroxyl groups is 1. The van der Waals surface area contributed by atoms with Gasteiger partial charge in [-0.3, -0.25) is 19.2 Å². The Labute approximate surface area is 345 Å². The molecule has 2 saturated heterocycles. The summed E-state index contributed by atoms with van der Waals surface area (Å²) in [7, 11) is 0. The monoisotopic (exact) mass is 817 g/mol. The standard InChI is InChI=1S/C43H59N7O7S/c1-28-37(58-27-46-28)31-12-10-30(11-13-31)18-20-45-39(54)35-25-34(51)26-50(35)40(55)43(6,7)29(2)47-36(52)9-8-19-44-38(53)32-14-16-33(17-15-32)48-21-23-49(24-22-48)41(56)57-42(3,4)5/h10-17,27,29,34-35,51H,8-9,18-26H2,1-7H3,(H,44,53)(H,45,54)(H,47,52)/t29-,34+,35-/m0/s1. The van der Waals surface area contributed by atoms with Gasteiger partial charge in [0.25, 0.3) is 5.91 Å². The summed E-state index contributed by atoms with van der Waals surface area (Å²) in [4.78, 5) is 76.1. The Kier molecular flexibility index (Phi) is 14.6. The zero-order chi connectivity index (χ0) is 42.2. The van der Waals surface area contributed by atoms with Gasteiger partial charge in [0.1, 0.15) is 11.6 Å². The van der Waals surface area contributed by atoms with Crippen LogP contribution in [0.2, 0.25) is 0 Å². The highest BCUT2D eigenvalue weighted by atomic mass is 32.1. The fraction of sp³-hybridized carbons (Fsp3) is 0.535. The summed E-state index contributed by atoms with van der Waals surface area (Å²) in [5.41, 5.74) is 4.84. The van der Waals surface area contributed by atoms with Crippen LogP contribution in [-0.2, 0) is 25.5 Å². The van der Waals surface area contributed by atoms with E-state index in [-0.39, 0.29) is 55.7 Å². The molecule has 3 heterocycles. The second-order valence-corrected chi connectivity index (χ2v) is 17.6. The first-order chi connectivity index (χ1) is 27.4. The Morgan fingerprint density at radius 1 is 0.931 bits per heavy atom. The minimum absolute atomic E-state index is 0.0365. The number of carbonyl (C=O) groups is 5. The molecule has 0 radical (unpaired) electrons. The van der Waals surface area contributed by atoms with Crippen LogP contribution in [0.25, 0.3) is 10.4 Å². The van der Waals surface area contributed by atoms with E-state index in [0.717, 1.165) is 27.4 Å². The fourth-order valence-electron chi connectivity index (χ4n) is 7.04. The molecule has 3 atom stereocenters. The quantitative estimate of drug-likeness (QED) is 0.171. The number of thiazole rings is 1. The first kappa shape index (κ1) is 44.1. The van der Waals surface area contributed by atoms with Crippen LogP contribution in [0.15, 0.2) is 54.0 Å². The second-order valence-electron chi connectivity index (χ2n) is 16.7. The van der Waals surface area contributed by atoms with E-state index in [4.69, 9.17) is 4.74 Å². The van der Waals surface area contributed by atoms with Gasteiger partial charge in [-0.25, -0.2) is 9.78 Å². The van der Waals surface area contributed by atoms with E-state index in [2.05, 4.69) is 38.0 Å². The Balaban J connectivity index is 1.01. The molecule has 0 bridgehead atoms. The predicted octanol–water partition coefficient (Wildman–Crippen LogP) is 4.54. The van der Waals surface area contributed by atoms with Crippen LogP contribution in [0.4, 0.5) is 10.5 Å². The highest BCUT2D eigenvalue weighted by molar-refractivity contribution is 7.13. The van der Waals surface area contributed by atoms with Crippen molar-refractivity contribution in [3.05, 3.63) is 70.9 Å². The van der Waals surface area contributed by atoms with Gasteiger partial charge < -0.3 is 40.5 Å². The van der Waals surface area contributed by atoms with Gasteiger partial charge in [0.15, 0.2) is 0 Å². The molecule has 15 heteroatoms. The van der Waals surface area contributed by atoms with Gasteiger partial charge in [-0.15, -0.1) is 11.3 Å². The number of likely N-dealkylation sites (tertiary alicyclic amines) is 1. The number of rotatable bonds is 14. The molecule has 2 aromatic carbocycles. The molecule has 1 aromatic heterocycles. The van der Waals surface area contributed by atoms with Gasteiger partial charge in [-0.05, 0) is 96.7 Å². The molecule has 314 valence electrons. The molecule has 4 N–H and O–H groups in total. The molecule has 0 spiro atoms. The van der Waals surface area contributed by atoms with Crippen LogP contribution < -0.4 is 20.9 Å². The van der Waals surface area contributed by atoms with Crippen LogP contribution in [0, 0.1) is 12.3 Å². The molecule has 2 fully saturated rings. The lowest BCUT2D eigenvalue weighted by molar-refractivity contribution is -0.147. The SMILES string of the molecule is Cc1ncsc1-c1ccc(CCNC(=O)[C@@H]2C[C@@H](O)CN2C(=O)C(C)(C)[C@H](C)NC(=O)CCCNC(=O)c2ccc(N3CCN(C(=O)OC(C)(C)C)CC3)cc2)cc1. The summed E-state index contributed by atoms with van der Waals surface area (Å²) in [6.07, 6.45) is 0.153. The van der Waals surface area contributed by atoms with Gasteiger partial charge >= 0.3 is 6.09 Å². The molecule has 5 rings (SSSR count). The number of carbonyl (C=O) groups excluding carboxylic acids is 5. The van der Waals surface area contributed by atoms with Gasteiger partial charge in [-0.1, -0.05) is 24.3 Å². The number of piperazine rings is 1. The summed E-state index contributed by atoms with van der Waals surface area (Å²) in [6.45, 7) is 15.9. The topological polar surface area (TPSA) is 174 Å². The van der Waals surface area contributed by atoms with E-state index < -0.39 is 29.2 Å². The first-order valence-corrected chi connectivity index (χ1v) is 21.0. The van der Waals surface area contributed by atoms with Crippen molar-refractivity contribution in [2.75, 3.05) is 50.7 Å². The number of aryl methyl sites for hydroxylation is 1. The molecular weight excluding hydrogens is 759 g/mol. The summed E-state index contributed by atoms with van der Waals surface area (Å²) in [6, 6.07) is 14.1. The summed E-state index contributed by atoms with van der Waals surface area (Å²) in [5, 5.41) is 19.2. The van der Waals surface area contributed by atoms with E-state index >= 15 is 0 Å². The van der Waals surface area contributed by atoms with E-state index in [1.165, 1.54) is 4.90 Å². The minimum atomic E-state index is -1.07. The van der Waals surface area contributed by atoms with Crippen LogP contribution in [0.3, 0.4) is 0 Å². The van der Waals surface area contributed by atoms with Gasteiger partial charge in [-0.2, -0.15) is 0 Å². The van der Waals surface area contributed by atoms with Gasteiger partial charge in [0.05, 0.1) is 27.6 Å². The average molecular weight is 818 g/mol. The van der Waals surface area contributed by atoms with Crippen LogP contribution >= 0.6 is 11.3 Å². The summed E-state index contributed by atoms with van der Waals surface area (Å²) >= 11 is 1.60. The van der Waals surface area contributed by atoms with Crippen molar-refractivity contribution in [2.45, 2.75) is 97.9 Å². The normalized spacial score (nSPS) is 17.8. The Morgan fingerprint density at radius 2 is 1.60 bits per heavy atom. The number of aromatic nitrogens is 1. The number of β-amino-alcohol motifs (C(OH)–C–C–N with tert-alkyl or cyclic N) is 1. The number of hydrogen-bond donors (Lipinski definition) is 4. The Bertz CT molecular complexity index is 1900. The van der Waals surface area contributed by atoms with Crippen molar-refractivity contribution in [3.8, 4) is 10.4 Å². The van der Waals surface area contributed by atoms with Crippen molar-refractivity contribution in [3.63, 3.8) is 0 Å². The number of ether oxygens (including phenoxy) is 1. The number of anilines is 1. The predicted molar refractivity (Wildman–Crippen MR) is 225 cm³/mol. The van der Waals surface area contributed by atoms with E-state index in [1.807, 2.05) is 57.5 Å². The maximum Gasteiger partial charge on any atom is 0.410 e. The zero-order valence-electron chi connectivity index (χ0n) is 34.8. The molecule has 5 amide bonds. The molecule has 0 aliphatic carbocycles. The number of nitrogens with one attached hydrogen (secondary N) is 3. The number of hydrogen-bond acceptors (Lipinski definition) is 10. The van der Waals surface area contributed by atoms with E-state index in [0.29, 0.717) is 51.1 Å². The van der Waals surface area contributed by atoms with Crippen molar-refractivity contribution in [1.29, 1.82) is 0 Å². The van der Waals surface area contributed by atoms with Crippen molar-refractivity contribution in [2.24, 2.45) is 5.41 Å². The van der Waals surface area contributed by atoms with E-state index in [1.54, 1.807) is 49.1 Å². The van der Waals surface area contributed by atoms with Crippen LogP contribution in [0.5, 0.6) is 0 Å². The number of nitrogens with zero attached hydrogens (tertiary/aromatic N) is 4. The van der Waals surface area contributed by atoms with Crippen molar-refractivity contribution in [1.82, 2.24) is 30.7 Å². The molecule has 2 aliphatic heterocycles. The highest BCUT2D eigenvalue weighted by Gasteiger charge is 2.46. The average Bonchev–Trinajstić information content (AvgIpc) is 3.80. The van der Waals surface area contributed by atoms with Gasteiger partial charge in [0.2, 0.25) is 17.7 Å². The lowest BCUT2D eigenvalue weighted by Crippen LogP contribution is -2.55. The minimum Gasteiger partial charge on any atom is -0.444 e. The van der Waals surface area contributed by atoms with Crippen molar-refractivity contribution >= 4 is 46.7 Å². The second kappa shape index (κ2) is 19.2. The highest BCUT2D eigenvalue weighted by Crippen LogP contribution is 2.30. The largest absolute Gasteiger partial charge is 0.444 e. The first-order valence-electron chi connectivity index (χ1n) is 20.1. The zero-order valence-corrected chi connectivity index (χ0v) is 35.6. The summed E-state index contributed by atoms with van der Waals surface area (Å²) < 4.78 is 5.48. The maximum atomic E-state index is 13.9. The third-order valence-electron chi connectivity index (χ3n) is 10.8. The van der Waals surface area contributed by atoms with Gasteiger partial charge in [0, 0.05) is 75.9 Å². The van der Waals surface area contributed by atoms with E-state index in [9.17, 15) is 29.1 Å². The number of amides is 5. The molecule has 2 aliphatic rings. The van der Waals surface area contributed by atoms with Crippen molar-refractivity contribution < 1.29 is 33.8 Å². The Morgan fingerprint density at radius 3 is 2.22 bits per heavy atom. The lowest BCUT2D eigenvalue weighted by atomic mass is 9.83. The maximum absolute atomic E-state index is 13.9. The smallest absolute Gasteiger partial charge is 0.410 e. The van der Waals surface area contributed by atoms with Crippen LogP contribution in [0.1, 0.15) is 82.4 Å². The third-order valence-corrected chi connectivity index (χ3v) is 11.8. The number of aliphatic hydroxyl groups excluding tert-OH is 1. The number of benzene rings is 2. The molecule has 3 aromatic rings. The molecule has 58 heavy (non-hydrogen) atoms. The van der Waals surface area contributed by atoms with Crippen LogP contribution in [-0.4, -0.2) is 119 Å². The fourth-order valence-corrected chi connectivity index (χ4v) is 7.85.